The number of nitrogens with zero attached hydrogens (tertiary/aromatic N) is 2. The molecule has 1 aliphatic rings. The number of pyridine rings is 1. The Labute approximate surface area is 147 Å². The van der Waals surface area contributed by atoms with E-state index in [0.29, 0.717) is 17.9 Å². The van der Waals surface area contributed by atoms with E-state index in [4.69, 9.17) is 4.74 Å². The first-order chi connectivity index (χ1) is 12.1. The lowest BCUT2D eigenvalue weighted by atomic mass is 9.89. The van der Waals surface area contributed by atoms with Crippen LogP contribution < -0.4 is 4.74 Å². The van der Waals surface area contributed by atoms with Crippen molar-refractivity contribution >= 4 is 5.78 Å². The Hall–Kier alpha value is -2.27. The van der Waals surface area contributed by atoms with Crippen LogP contribution >= 0.6 is 0 Å². The van der Waals surface area contributed by atoms with Crippen LogP contribution in [0.3, 0.4) is 0 Å². The van der Waals surface area contributed by atoms with Gasteiger partial charge in [-0.25, -0.2) is 4.39 Å². The zero-order chi connectivity index (χ0) is 17.8. The summed E-state index contributed by atoms with van der Waals surface area (Å²) in [5.41, 5.74) is 2.34. The van der Waals surface area contributed by atoms with E-state index in [1.165, 1.54) is 25.3 Å². The molecule has 0 N–H and O–H groups in total. The van der Waals surface area contributed by atoms with Gasteiger partial charge in [0.15, 0.2) is 5.78 Å². The lowest BCUT2D eigenvalue weighted by Gasteiger charge is -2.32. The van der Waals surface area contributed by atoms with Crippen molar-refractivity contribution in [3.05, 3.63) is 59.2 Å². The van der Waals surface area contributed by atoms with E-state index >= 15 is 0 Å². The van der Waals surface area contributed by atoms with Gasteiger partial charge >= 0.3 is 0 Å². The van der Waals surface area contributed by atoms with E-state index in [0.717, 1.165) is 37.3 Å². The molecule has 132 valence electrons. The number of aryl methyl sites for hydroxylation is 1. The summed E-state index contributed by atoms with van der Waals surface area (Å²) < 4.78 is 18.8. The van der Waals surface area contributed by atoms with Gasteiger partial charge in [0.1, 0.15) is 11.6 Å². The van der Waals surface area contributed by atoms with Gasteiger partial charge in [0.05, 0.1) is 18.4 Å². The number of hydrogen-bond acceptors (Lipinski definition) is 4. The van der Waals surface area contributed by atoms with Crippen LogP contribution in [-0.4, -0.2) is 35.9 Å². The minimum absolute atomic E-state index is 0.0433. The number of carbonyl (C=O) groups is 1. The van der Waals surface area contributed by atoms with E-state index in [1.807, 2.05) is 25.1 Å². The molecule has 25 heavy (non-hydrogen) atoms. The van der Waals surface area contributed by atoms with Crippen molar-refractivity contribution in [2.45, 2.75) is 26.3 Å². The van der Waals surface area contributed by atoms with E-state index in [2.05, 4.69) is 9.88 Å². The van der Waals surface area contributed by atoms with Crippen LogP contribution in [-0.2, 0) is 6.54 Å². The summed E-state index contributed by atoms with van der Waals surface area (Å²) >= 11 is 0. The van der Waals surface area contributed by atoms with Gasteiger partial charge in [-0.1, -0.05) is 6.07 Å². The highest BCUT2D eigenvalue weighted by Crippen LogP contribution is 2.27. The Morgan fingerprint density at radius 1 is 1.36 bits per heavy atom. The second kappa shape index (κ2) is 7.74. The Bertz CT molecular complexity index is 763. The molecule has 0 aliphatic carbocycles. The van der Waals surface area contributed by atoms with E-state index in [1.54, 1.807) is 0 Å². The maximum Gasteiger partial charge on any atom is 0.171 e. The van der Waals surface area contributed by atoms with Crippen molar-refractivity contribution in [2.75, 3.05) is 20.2 Å². The monoisotopic (exact) mass is 342 g/mol. The summed E-state index contributed by atoms with van der Waals surface area (Å²) in [6.07, 6.45) is 1.76. The van der Waals surface area contributed by atoms with Gasteiger partial charge in [-0.3, -0.25) is 14.7 Å². The third-order valence-corrected chi connectivity index (χ3v) is 4.63. The first kappa shape index (κ1) is 17.5. The van der Waals surface area contributed by atoms with Crippen molar-refractivity contribution < 1.29 is 13.9 Å². The molecule has 0 saturated carbocycles. The number of rotatable bonds is 5. The first-order valence-electron chi connectivity index (χ1n) is 8.59. The number of likely N-dealkylation sites (tertiary alicyclic amines) is 1. The summed E-state index contributed by atoms with van der Waals surface area (Å²) in [5, 5.41) is 0. The minimum atomic E-state index is -0.416. The van der Waals surface area contributed by atoms with Gasteiger partial charge in [-0.15, -0.1) is 0 Å². The molecule has 0 spiro atoms. The highest BCUT2D eigenvalue weighted by Gasteiger charge is 2.28. The Balaban J connectivity index is 1.72. The maximum absolute atomic E-state index is 13.6. The van der Waals surface area contributed by atoms with Crippen LogP contribution in [0.2, 0.25) is 0 Å². The van der Waals surface area contributed by atoms with Gasteiger partial charge < -0.3 is 4.74 Å². The number of Topliss-reactive ketones (excluding diaryl/α,β-unsaturated/α-hetero) is 1. The lowest BCUT2D eigenvalue weighted by molar-refractivity contribution is 0.0806. The largest absolute Gasteiger partial charge is 0.496 e. The normalized spacial score (nSPS) is 18.1. The van der Waals surface area contributed by atoms with Crippen LogP contribution in [0, 0.1) is 18.7 Å². The lowest BCUT2D eigenvalue weighted by Crippen LogP contribution is -2.38. The molecule has 3 rings (SSSR count). The summed E-state index contributed by atoms with van der Waals surface area (Å²) in [6.45, 7) is 4.31. The van der Waals surface area contributed by atoms with Gasteiger partial charge in [0, 0.05) is 24.7 Å². The molecule has 0 amide bonds. The van der Waals surface area contributed by atoms with Gasteiger partial charge in [-0.2, -0.15) is 0 Å². The molecule has 1 unspecified atom stereocenters. The molecule has 2 heterocycles. The standard InChI is InChI=1S/C20H23FN2O2/c1-14-5-3-7-17(22-14)13-23-10-4-6-15(12-23)20(24)18-11-16(21)8-9-19(18)25-2/h3,5,7-9,11,15H,4,6,10,12-13H2,1-2H3. The number of ether oxygens (including phenoxy) is 1. The average Bonchev–Trinajstić information content (AvgIpc) is 2.61. The summed E-state index contributed by atoms with van der Waals surface area (Å²) in [6, 6.07) is 10.1. The van der Waals surface area contributed by atoms with Crippen molar-refractivity contribution in [3.8, 4) is 5.75 Å². The molecule has 0 bridgehead atoms. The van der Waals surface area contributed by atoms with E-state index < -0.39 is 5.82 Å². The zero-order valence-electron chi connectivity index (χ0n) is 14.7. The second-order valence-corrected chi connectivity index (χ2v) is 6.55. The van der Waals surface area contributed by atoms with Crippen molar-refractivity contribution in [1.82, 2.24) is 9.88 Å². The summed E-state index contributed by atoms with van der Waals surface area (Å²) in [4.78, 5) is 19.7. The molecule has 1 atom stereocenters. The fraction of sp³-hybridized carbons (Fsp3) is 0.400. The molecule has 1 aromatic carbocycles. The van der Waals surface area contributed by atoms with Crippen LogP contribution in [0.25, 0.3) is 0 Å². The van der Waals surface area contributed by atoms with E-state index in [-0.39, 0.29) is 11.7 Å². The topological polar surface area (TPSA) is 42.4 Å². The molecule has 4 nitrogen and oxygen atoms in total. The smallest absolute Gasteiger partial charge is 0.171 e. The maximum atomic E-state index is 13.6. The minimum Gasteiger partial charge on any atom is -0.496 e. The number of halogens is 1. The predicted molar refractivity (Wildman–Crippen MR) is 94.3 cm³/mol. The molecule has 1 fully saturated rings. The quantitative estimate of drug-likeness (QED) is 0.778. The van der Waals surface area contributed by atoms with Gasteiger partial charge in [0.2, 0.25) is 0 Å². The number of piperidine rings is 1. The Morgan fingerprint density at radius 2 is 2.20 bits per heavy atom. The summed E-state index contributed by atoms with van der Waals surface area (Å²) in [7, 11) is 1.50. The number of methoxy groups -OCH3 is 1. The summed E-state index contributed by atoms with van der Waals surface area (Å²) in [5.74, 6) is -0.169. The Kier molecular flexibility index (Phi) is 5.43. The van der Waals surface area contributed by atoms with Crippen molar-refractivity contribution in [1.29, 1.82) is 0 Å². The number of benzene rings is 1. The fourth-order valence-corrected chi connectivity index (χ4v) is 3.42. The number of aromatic nitrogens is 1. The van der Waals surface area contributed by atoms with Gasteiger partial charge in [0.25, 0.3) is 0 Å². The van der Waals surface area contributed by atoms with Crippen molar-refractivity contribution in [2.24, 2.45) is 5.92 Å². The van der Waals surface area contributed by atoms with Crippen LogP contribution in [0.1, 0.15) is 34.6 Å². The molecule has 1 saturated heterocycles. The van der Waals surface area contributed by atoms with Crippen LogP contribution in [0.5, 0.6) is 5.75 Å². The third-order valence-electron chi connectivity index (χ3n) is 4.63. The average molecular weight is 342 g/mol. The number of ketones is 1. The second-order valence-electron chi connectivity index (χ2n) is 6.55. The van der Waals surface area contributed by atoms with E-state index in [9.17, 15) is 9.18 Å². The Morgan fingerprint density at radius 3 is 2.96 bits per heavy atom. The highest BCUT2D eigenvalue weighted by molar-refractivity contribution is 6.00. The molecule has 1 aromatic heterocycles. The number of hydrogen-bond donors (Lipinski definition) is 0. The van der Waals surface area contributed by atoms with Crippen LogP contribution in [0.4, 0.5) is 4.39 Å². The molecule has 2 aromatic rings. The van der Waals surface area contributed by atoms with Crippen LogP contribution in [0.15, 0.2) is 36.4 Å². The molecular formula is C20H23FN2O2. The SMILES string of the molecule is COc1ccc(F)cc1C(=O)C1CCCN(Cc2cccc(C)n2)C1. The highest BCUT2D eigenvalue weighted by atomic mass is 19.1. The first-order valence-corrected chi connectivity index (χ1v) is 8.59. The molecular weight excluding hydrogens is 319 g/mol. The third kappa shape index (κ3) is 4.23. The van der Waals surface area contributed by atoms with Crippen molar-refractivity contribution in [3.63, 3.8) is 0 Å². The molecule has 1 aliphatic heterocycles. The number of carbonyl (C=O) groups excluding carboxylic acids is 1. The molecule has 0 radical (unpaired) electrons. The predicted octanol–water partition coefficient (Wildman–Crippen LogP) is 3.63. The fourth-order valence-electron chi connectivity index (χ4n) is 3.42. The molecule has 5 heteroatoms. The zero-order valence-corrected chi connectivity index (χ0v) is 14.7. The van der Waals surface area contributed by atoms with Gasteiger partial charge in [-0.05, 0) is 56.6 Å².